The van der Waals surface area contributed by atoms with E-state index in [1.54, 1.807) is 6.92 Å². The second-order valence-corrected chi connectivity index (χ2v) is 5.59. The third-order valence-corrected chi connectivity index (χ3v) is 2.58. The number of halogens is 1. The van der Waals surface area contributed by atoms with Crippen LogP contribution in [0.15, 0.2) is 24.3 Å². The molecule has 1 rings (SSSR count). The minimum absolute atomic E-state index is 0.127. The van der Waals surface area contributed by atoms with Gasteiger partial charge in [-0.15, -0.1) is 11.6 Å². The van der Waals surface area contributed by atoms with Crippen LogP contribution < -0.4 is 5.32 Å². The fraction of sp³-hybridized carbons (Fsp3) is 0.462. The zero-order valence-corrected chi connectivity index (χ0v) is 10.9. The highest BCUT2D eigenvalue weighted by Gasteiger charge is 2.13. The number of benzene rings is 1. The van der Waals surface area contributed by atoms with E-state index >= 15 is 0 Å². The van der Waals surface area contributed by atoms with Crippen LogP contribution in [0.4, 0.5) is 5.69 Å². The molecule has 0 heterocycles. The summed E-state index contributed by atoms with van der Waals surface area (Å²) in [5.41, 5.74) is 2.15. The second kappa shape index (κ2) is 4.88. The normalized spacial score (nSPS) is 13.3. The van der Waals surface area contributed by atoms with Crippen LogP contribution in [0.5, 0.6) is 0 Å². The van der Waals surface area contributed by atoms with E-state index in [9.17, 15) is 4.79 Å². The highest BCUT2D eigenvalue weighted by Crippen LogP contribution is 2.23. The number of anilines is 1. The fourth-order valence-corrected chi connectivity index (χ4v) is 1.35. The zero-order valence-electron chi connectivity index (χ0n) is 10.2. The van der Waals surface area contributed by atoms with Crippen LogP contribution in [-0.4, -0.2) is 11.3 Å². The summed E-state index contributed by atoms with van der Waals surface area (Å²) in [4.78, 5) is 11.4. The molecule has 16 heavy (non-hydrogen) atoms. The number of rotatable bonds is 2. The van der Waals surface area contributed by atoms with Crippen LogP contribution in [-0.2, 0) is 10.2 Å². The lowest BCUT2D eigenvalue weighted by Crippen LogP contribution is -2.20. The SMILES string of the molecule is C[C@H](Cl)C(=O)Nc1ccc(C(C)(C)C)cc1. The standard InChI is InChI=1S/C13H18ClNO/c1-9(14)12(16)15-11-7-5-10(6-8-11)13(2,3)4/h5-9H,1-4H3,(H,15,16)/t9-/m0/s1. The highest BCUT2D eigenvalue weighted by molar-refractivity contribution is 6.32. The van der Waals surface area contributed by atoms with E-state index in [2.05, 4.69) is 26.1 Å². The summed E-state index contributed by atoms with van der Waals surface area (Å²) >= 11 is 5.67. The van der Waals surface area contributed by atoms with Crippen molar-refractivity contribution in [1.82, 2.24) is 0 Å². The van der Waals surface area contributed by atoms with Gasteiger partial charge in [0.1, 0.15) is 5.38 Å². The molecule has 0 saturated heterocycles. The average Bonchev–Trinajstić information content (AvgIpc) is 2.17. The molecule has 1 atom stereocenters. The molecule has 2 nitrogen and oxygen atoms in total. The first-order chi connectivity index (χ1) is 7.30. The van der Waals surface area contributed by atoms with Crippen molar-refractivity contribution in [3.05, 3.63) is 29.8 Å². The monoisotopic (exact) mass is 239 g/mol. The van der Waals surface area contributed by atoms with Gasteiger partial charge < -0.3 is 5.32 Å². The molecular weight excluding hydrogens is 222 g/mol. The first-order valence-electron chi connectivity index (χ1n) is 5.36. The Bertz CT molecular complexity index is 363. The van der Waals surface area contributed by atoms with E-state index in [0.717, 1.165) is 5.69 Å². The summed E-state index contributed by atoms with van der Waals surface area (Å²) in [6.07, 6.45) is 0. The largest absolute Gasteiger partial charge is 0.325 e. The first kappa shape index (κ1) is 13.0. The first-order valence-corrected chi connectivity index (χ1v) is 5.80. The van der Waals surface area contributed by atoms with Crippen molar-refractivity contribution in [3.63, 3.8) is 0 Å². The molecule has 0 bridgehead atoms. The van der Waals surface area contributed by atoms with Crippen molar-refractivity contribution in [2.24, 2.45) is 0 Å². The number of carbonyl (C=O) groups is 1. The molecule has 1 aromatic rings. The Kier molecular flexibility index (Phi) is 3.98. The smallest absolute Gasteiger partial charge is 0.242 e. The molecule has 0 aliphatic heterocycles. The lowest BCUT2D eigenvalue weighted by Gasteiger charge is -2.19. The van der Waals surface area contributed by atoms with E-state index in [1.165, 1.54) is 5.56 Å². The van der Waals surface area contributed by atoms with Crippen LogP contribution in [0, 0.1) is 0 Å². The summed E-state index contributed by atoms with van der Waals surface area (Å²) < 4.78 is 0. The number of amides is 1. The van der Waals surface area contributed by atoms with Crippen molar-refractivity contribution in [2.75, 3.05) is 5.32 Å². The van der Waals surface area contributed by atoms with Gasteiger partial charge in [0.15, 0.2) is 0 Å². The number of nitrogens with one attached hydrogen (secondary N) is 1. The van der Waals surface area contributed by atoms with Gasteiger partial charge >= 0.3 is 0 Å². The van der Waals surface area contributed by atoms with Crippen LogP contribution in [0.2, 0.25) is 0 Å². The topological polar surface area (TPSA) is 29.1 Å². The van der Waals surface area contributed by atoms with Crippen LogP contribution in [0.3, 0.4) is 0 Å². The van der Waals surface area contributed by atoms with E-state index in [4.69, 9.17) is 11.6 Å². The zero-order chi connectivity index (χ0) is 12.3. The maximum Gasteiger partial charge on any atom is 0.242 e. The third kappa shape index (κ3) is 3.53. The lowest BCUT2D eigenvalue weighted by molar-refractivity contribution is -0.115. The summed E-state index contributed by atoms with van der Waals surface area (Å²) in [5, 5.41) is 2.24. The van der Waals surface area contributed by atoms with Crippen molar-refractivity contribution >= 4 is 23.2 Å². The predicted octanol–water partition coefficient (Wildman–Crippen LogP) is 3.55. The Morgan fingerprint density at radius 1 is 1.25 bits per heavy atom. The van der Waals surface area contributed by atoms with Crippen molar-refractivity contribution in [2.45, 2.75) is 38.5 Å². The molecule has 1 amide bonds. The Morgan fingerprint density at radius 2 is 1.75 bits per heavy atom. The number of hydrogen-bond donors (Lipinski definition) is 1. The molecule has 0 aromatic heterocycles. The van der Waals surface area contributed by atoms with Crippen molar-refractivity contribution < 1.29 is 4.79 Å². The average molecular weight is 240 g/mol. The number of carbonyl (C=O) groups excluding carboxylic acids is 1. The van der Waals surface area contributed by atoms with Gasteiger partial charge in [-0.25, -0.2) is 0 Å². The summed E-state index contributed by atoms with van der Waals surface area (Å²) in [6.45, 7) is 8.12. The Labute approximate surface area is 102 Å². The maximum absolute atomic E-state index is 11.4. The van der Waals surface area contributed by atoms with Gasteiger partial charge in [-0.05, 0) is 30.0 Å². The molecule has 0 unspecified atom stereocenters. The minimum atomic E-state index is -0.512. The minimum Gasteiger partial charge on any atom is -0.325 e. The van der Waals surface area contributed by atoms with Gasteiger partial charge in [0.25, 0.3) is 0 Å². The Balaban J connectivity index is 2.76. The van der Waals surface area contributed by atoms with Gasteiger partial charge in [0.2, 0.25) is 5.91 Å². The molecule has 0 aliphatic rings. The van der Waals surface area contributed by atoms with Gasteiger partial charge in [-0.2, -0.15) is 0 Å². The fourth-order valence-electron chi connectivity index (χ4n) is 1.30. The predicted molar refractivity (Wildman–Crippen MR) is 69.1 cm³/mol. The quantitative estimate of drug-likeness (QED) is 0.786. The molecule has 0 spiro atoms. The van der Waals surface area contributed by atoms with Crippen molar-refractivity contribution in [3.8, 4) is 0 Å². The molecule has 0 radical (unpaired) electrons. The molecule has 0 saturated carbocycles. The van der Waals surface area contributed by atoms with Crippen LogP contribution in [0.1, 0.15) is 33.3 Å². The van der Waals surface area contributed by atoms with E-state index in [-0.39, 0.29) is 11.3 Å². The summed E-state index contributed by atoms with van der Waals surface area (Å²) in [7, 11) is 0. The van der Waals surface area contributed by atoms with E-state index in [1.807, 2.05) is 24.3 Å². The molecule has 88 valence electrons. The van der Waals surface area contributed by atoms with E-state index in [0.29, 0.717) is 0 Å². The summed E-state index contributed by atoms with van der Waals surface area (Å²) in [5.74, 6) is -0.176. The van der Waals surface area contributed by atoms with Gasteiger partial charge in [0, 0.05) is 5.69 Å². The molecule has 3 heteroatoms. The van der Waals surface area contributed by atoms with Crippen molar-refractivity contribution in [1.29, 1.82) is 0 Å². The van der Waals surface area contributed by atoms with Gasteiger partial charge in [0.05, 0.1) is 0 Å². The Hall–Kier alpha value is -1.02. The summed E-state index contributed by atoms with van der Waals surface area (Å²) in [6, 6.07) is 7.85. The molecular formula is C13H18ClNO. The maximum atomic E-state index is 11.4. The third-order valence-electron chi connectivity index (χ3n) is 2.38. The molecule has 1 aromatic carbocycles. The van der Waals surface area contributed by atoms with Crippen LogP contribution in [0.25, 0.3) is 0 Å². The molecule has 0 aliphatic carbocycles. The second-order valence-electron chi connectivity index (χ2n) is 4.93. The Morgan fingerprint density at radius 3 is 2.12 bits per heavy atom. The molecule has 0 fully saturated rings. The van der Waals surface area contributed by atoms with Gasteiger partial charge in [-0.1, -0.05) is 32.9 Å². The van der Waals surface area contributed by atoms with Gasteiger partial charge in [-0.3, -0.25) is 4.79 Å². The molecule has 1 N–H and O–H groups in total. The highest BCUT2D eigenvalue weighted by atomic mass is 35.5. The number of hydrogen-bond acceptors (Lipinski definition) is 1. The van der Waals surface area contributed by atoms with Crippen LogP contribution >= 0.6 is 11.6 Å². The lowest BCUT2D eigenvalue weighted by atomic mass is 9.87. The number of alkyl halides is 1. The van der Waals surface area contributed by atoms with E-state index < -0.39 is 5.38 Å².